The first-order valence-electron chi connectivity index (χ1n) is 7.71. The quantitative estimate of drug-likeness (QED) is 0.729. The van der Waals surface area contributed by atoms with Crippen molar-refractivity contribution in [1.82, 2.24) is 10.2 Å². The lowest BCUT2D eigenvalue weighted by Crippen LogP contribution is -2.52. The lowest BCUT2D eigenvalue weighted by Gasteiger charge is -2.30. The van der Waals surface area contributed by atoms with Crippen LogP contribution < -0.4 is 10.6 Å². The van der Waals surface area contributed by atoms with Crippen LogP contribution in [0.2, 0.25) is 0 Å². The highest BCUT2D eigenvalue weighted by Gasteiger charge is 2.53. The number of anilines is 1. The van der Waals surface area contributed by atoms with Crippen LogP contribution in [0.3, 0.4) is 0 Å². The largest absolute Gasteiger partial charge is 0.325 e. The Bertz CT molecular complexity index is 889. The van der Waals surface area contributed by atoms with Crippen LogP contribution in [-0.2, 0) is 19.4 Å². The standard InChI is InChI=1S/C15H15F2N3O5S/c16-9-1-2-10(17)11(7-9)18-12(21)8-20-13(22)15(19-14(20)23)3-5-26(24,25)6-4-15/h1-2,7H,3-6,8H2,(H,18,21)(H,19,23). The highest BCUT2D eigenvalue weighted by Crippen LogP contribution is 2.30. The van der Waals surface area contributed by atoms with Crippen LogP contribution in [0.5, 0.6) is 0 Å². The van der Waals surface area contributed by atoms with Gasteiger partial charge in [0.25, 0.3) is 5.91 Å². The van der Waals surface area contributed by atoms with Crippen LogP contribution in [0.1, 0.15) is 12.8 Å². The van der Waals surface area contributed by atoms with Crippen LogP contribution in [-0.4, -0.2) is 54.8 Å². The first-order chi connectivity index (χ1) is 12.1. The van der Waals surface area contributed by atoms with Gasteiger partial charge >= 0.3 is 6.03 Å². The highest BCUT2D eigenvalue weighted by atomic mass is 32.2. The molecule has 11 heteroatoms. The molecule has 0 aliphatic carbocycles. The molecule has 1 aromatic rings. The zero-order valence-corrected chi connectivity index (χ0v) is 14.2. The third-order valence-electron chi connectivity index (χ3n) is 4.43. The number of imide groups is 1. The summed E-state index contributed by atoms with van der Waals surface area (Å²) in [6.45, 7) is -0.699. The van der Waals surface area contributed by atoms with E-state index in [9.17, 15) is 31.6 Å². The number of amides is 4. The van der Waals surface area contributed by atoms with Crippen LogP contribution >= 0.6 is 0 Å². The summed E-state index contributed by atoms with van der Waals surface area (Å²) in [7, 11) is -3.26. The molecule has 0 unspecified atom stereocenters. The van der Waals surface area contributed by atoms with Gasteiger partial charge in [0, 0.05) is 6.07 Å². The second-order valence-corrected chi connectivity index (χ2v) is 8.53. The maximum absolute atomic E-state index is 13.6. The smallest absolute Gasteiger partial charge is 0.323 e. The molecular formula is C15H15F2N3O5S. The number of carbonyl (C=O) groups excluding carboxylic acids is 3. The molecule has 3 rings (SSSR count). The van der Waals surface area contributed by atoms with Gasteiger partial charge in [0.1, 0.15) is 23.7 Å². The minimum atomic E-state index is -3.26. The molecular weight excluding hydrogens is 372 g/mol. The van der Waals surface area contributed by atoms with Gasteiger partial charge in [-0.15, -0.1) is 0 Å². The van der Waals surface area contributed by atoms with Crippen molar-refractivity contribution in [3.63, 3.8) is 0 Å². The summed E-state index contributed by atoms with van der Waals surface area (Å²) < 4.78 is 49.8. The van der Waals surface area contributed by atoms with Gasteiger partial charge in [0.15, 0.2) is 9.84 Å². The SMILES string of the molecule is O=C(CN1C(=O)NC2(CCS(=O)(=O)CC2)C1=O)Nc1cc(F)ccc1F. The fraction of sp³-hybridized carbons (Fsp3) is 0.400. The van der Waals surface area contributed by atoms with Crippen LogP contribution in [0.15, 0.2) is 18.2 Å². The molecule has 4 amide bonds. The Labute approximate surface area is 147 Å². The molecule has 26 heavy (non-hydrogen) atoms. The Balaban J connectivity index is 1.70. The van der Waals surface area contributed by atoms with Crippen molar-refractivity contribution in [3.8, 4) is 0 Å². The van der Waals surface area contributed by atoms with Gasteiger partial charge in [0.2, 0.25) is 5.91 Å². The molecule has 0 aromatic heterocycles. The molecule has 2 saturated heterocycles. The van der Waals surface area contributed by atoms with E-state index in [0.717, 1.165) is 18.2 Å². The molecule has 8 nitrogen and oxygen atoms in total. The molecule has 2 aliphatic heterocycles. The second-order valence-electron chi connectivity index (χ2n) is 6.23. The van der Waals surface area contributed by atoms with E-state index in [1.807, 2.05) is 0 Å². The third-order valence-corrected chi connectivity index (χ3v) is 6.08. The van der Waals surface area contributed by atoms with E-state index in [1.54, 1.807) is 0 Å². The Morgan fingerprint density at radius 3 is 2.54 bits per heavy atom. The van der Waals surface area contributed by atoms with Gasteiger partial charge in [-0.1, -0.05) is 0 Å². The van der Waals surface area contributed by atoms with E-state index in [4.69, 9.17) is 0 Å². The van der Waals surface area contributed by atoms with Gasteiger partial charge in [0.05, 0.1) is 17.2 Å². The summed E-state index contributed by atoms with van der Waals surface area (Å²) in [5, 5.41) is 4.56. The number of benzene rings is 1. The lowest BCUT2D eigenvalue weighted by molar-refractivity contribution is -0.134. The van der Waals surface area contributed by atoms with Crippen molar-refractivity contribution in [1.29, 1.82) is 0 Å². The van der Waals surface area contributed by atoms with Gasteiger partial charge < -0.3 is 10.6 Å². The number of sulfone groups is 1. The molecule has 0 saturated carbocycles. The number of urea groups is 1. The monoisotopic (exact) mass is 387 g/mol. The lowest BCUT2D eigenvalue weighted by atomic mass is 9.92. The molecule has 0 atom stereocenters. The molecule has 2 aliphatic rings. The molecule has 140 valence electrons. The van der Waals surface area contributed by atoms with Crippen molar-refractivity contribution in [2.75, 3.05) is 23.4 Å². The average Bonchev–Trinajstić information content (AvgIpc) is 2.79. The molecule has 1 spiro atoms. The number of nitrogens with one attached hydrogen (secondary N) is 2. The van der Waals surface area contributed by atoms with E-state index in [1.165, 1.54) is 0 Å². The predicted molar refractivity (Wildman–Crippen MR) is 85.9 cm³/mol. The Morgan fingerprint density at radius 1 is 1.23 bits per heavy atom. The van der Waals surface area contributed by atoms with E-state index in [2.05, 4.69) is 10.6 Å². The number of halogens is 2. The van der Waals surface area contributed by atoms with Crippen LogP contribution in [0.4, 0.5) is 19.3 Å². The van der Waals surface area contributed by atoms with Gasteiger partial charge in [-0.25, -0.2) is 22.0 Å². The highest BCUT2D eigenvalue weighted by molar-refractivity contribution is 7.91. The molecule has 0 radical (unpaired) electrons. The van der Waals surface area contributed by atoms with Crippen molar-refractivity contribution in [2.24, 2.45) is 0 Å². The summed E-state index contributed by atoms with van der Waals surface area (Å²) >= 11 is 0. The summed E-state index contributed by atoms with van der Waals surface area (Å²) in [4.78, 5) is 37.3. The van der Waals surface area contributed by atoms with Crippen molar-refractivity contribution in [2.45, 2.75) is 18.4 Å². The first kappa shape index (κ1) is 18.2. The summed E-state index contributed by atoms with van der Waals surface area (Å²) in [6.07, 6.45) is -0.146. The van der Waals surface area contributed by atoms with E-state index < -0.39 is 57.1 Å². The number of carbonyl (C=O) groups is 3. The van der Waals surface area contributed by atoms with E-state index in [0.29, 0.717) is 4.90 Å². The molecule has 2 heterocycles. The molecule has 0 bridgehead atoms. The van der Waals surface area contributed by atoms with Crippen LogP contribution in [0, 0.1) is 11.6 Å². The van der Waals surface area contributed by atoms with E-state index in [-0.39, 0.29) is 24.3 Å². The zero-order chi connectivity index (χ0) is 19.1. The summed E-state index contributed by atoms with van der Waals surface area (Å²) in [5.74, 6) is -3.71. The topological polar surface area (TPSA) is 113 Å². The Kier molecular flexibility index (Phi) is 4.42. The van der Waals surface area contributed by atoms with Crippen LogP contribution in [0.25, 0.3) is 0 Å². The van der Waals surface area contributed by atoms with Gasteiger partial charge in [-0.2, -0.15) is 0 Å². The maximum Gasteiger partial charge on any atom is 0.325 e. The number of rotatable bonds is 3. The average molecular weight is 387 g/mol. The number of hydrogen-bond donors (Lipinski definition) is 2. The van der Waals surface area contributed by atoms with Crippen molar-refractivity contribution in [3.05, 3.63) is 29.8 Å². The fourth-order valence-corrected chi connectivity index (χ4v) is 4.49. The van der Waals surface area contributed by atoms with Gasteiger partial charge in [-0.3, -0.25) is 14.5 Å². The van der Waals surface area contributed by atoms with Gasteiger partial charge in [-0.05, 0) is 25.0 Å². The fourth-order valence-electron chi connectivity index (χ4n) is 2.97. The van der Waals surface area contributed by atoms with Crippen molar-refractivity contribution >= 4 is 33.4 Å². The second kappa shape index (κ2) is 6.31. The Morgan fingerprint density at radius 2 is 1.88 bits per heavy atom. The summed E-state index contributed by atoms with van der Waals surface area (Å²) in [5.41, 5.74) is -1.76. The zero-order valence-electron chi connectivity index (χ0n) is 13.4. The van der Waals surface area contributed by atoms with Crippen molar-refractivity contribution < 1.29 is 31.6 Å². The molecule has 2 fully saturated rings. The maximum atomic E-state index is 13.6. The van der Waals surface area contributed by atoms with E-state index >= 15 is 0 Å². The predicted octanol–water partition coefficient (Wildman–Crippen LogP) is 0.402. The normalized spacial score (nSPS) is 20.9. The first-order valence-corrected chi connectivity index (χ1v) is 9.53. The molecule has 1 aromatic carbocycles. The number of hydrogen-bond acceptors (Lipinski definition) is 5. The number of nitrogens with zero attached hydrogens (tertiary/aromatic N) is 1. The minimum Gasteiger partial charge on any atom is -0.323 e. The molecule has 2 N–H and O–H groups in total. The summed E-state index contributed by atoms with van der Waals surface area (Å²) in [6, 6.07) is 1.65. The third kappa shape index (κ3) is 3.39. The Hall–Kier alpha value is -2.56. The minimum absolute atomic E-state index is 0.0729.